The third kappa shape index (κ3) is 6.93. The molecule has 32 heavy (non-hydrogen) atoms. The zero-order valence-electron chi connectivity index (χ0n) is 19.8. The Bertz CT molecular complexity index is 1070. The molecule has 0 amide bonds. The molecule has 167 valence electrons. The van der Waals surface area contributed by atoms with Crippen molar-refractivity contribution in [2.75, 3.05) is 26.7 Å². The summed E-state index contributed by atoms with van der Waals surface area (Å²) in [6, 6.07) is 26.8. The van der Waals surface area contributed by atoms with Gasteiger partial charge in [0.05, 0.1) is 32.5 Å². The van der Waals surface area contributed by atoms with E-state index in [4.69, 9.17) is 0 Å². The van der Waals surface area contributed by atoms with Crippen molar-refractivity contribution in [3.8, 4) is 17.1 Å². The van der Waals surface area contributed by atoms with Crippen LogP contribution in [0.4, 0.5) is 0 Å². The molecule has 1 radical (unpaired) electrons. The van der Waals surface area contributed by atoms with Crippen molar-refractivity contribution in [1.29, 1.82) is 0 Å². The summed E-state index contributed by atoms with van der Waals surface area (Å²) in [5, 5.41) is 3.28. The number of nitrogens with zero attached hydrogens (tertiary/aromatic N) is 2. The molecule has 3 aromatic carbocycles. The number of benzene rings is 3. The van der Waals surface area contributed by atoms with Crippen molar-refractivity contribution < 1.29 is 19.8 Å². The van der Waals surface area contributed by atoms with Crippen molar-refractivity contribution in [3.63, 3.8) is 0 Å². The molecule has 0 aliphatic carbocycles. The van der Waals surface area contributed by atoms with Crippen LogP contribution in [0.3, 0.4) is 0 Å². The molecule has 1 aromatic heterocycles. The first kappa shape index (κ1) is 26.6. The minimum atomic E-state index is -0.261. The predicted molar refractivity (Wildman–Crippen MR) is 143 cm³/mol. The number of rotatable bonds is 4. The third-order valence-corrected chi connectivity index (χ3v) is 8.35. The Morgan fingerprint density at radius 1 is 0.781 bits per heavy atom. The van der Waals surface area contributed by atoms with E-state index in [9.17, 15) is 0 Å². The summed E-state index contributed by atoms with van der Waals surface area (Å²) < 4.78 is 2.09. The van der Waals surface area contributed by atoms with Gasteiger partial charge >= 0.3 is 19.8 Å². The van der Waals surface area contributed by atoms with Crippen molar-refractivity contribution in [2.24, 2.45) is 0 Å². The smallest absolute Gasteiger partial charge is 0.340 e. The SMILES string of the molecule is C[PH+](C)c1ccccc1[PH+](C)C.Cc1[c-]c(-c2nccn2-c2ccccc2)cc(C)c1.[Os+]. The molecule has 4 rings (SSSR count). The molecular formula is C27H33N2OsP2+2. The molecule has 2 nitrogen and oxygen atoms in total. The van der Waals surface area contributed by atoms with Gasteiger partial charge in [-0.05, 0) is 24.3 Å². The molecule has 0 aliphatic rings. The molecule has 5 heteroatoms. The number of para-hydroxylation sites is 1. The van der Waals surface area contributed by atoms with Gasteiger partial charge in [0.2, 0.25) is 0 Å². The molecule has 0 atom stereocenters. The average Bonchev–Trinajstić information content (AvgIpc) is 3.24. The molecule has 0 spiro atoms. The fraction of sp³-hybridized carbons (Fsp3) is 0.222. The van der Waals surface area contributed by atoms with Crippen LogP contribution in [-0.2, 0) is 19.8 Å². The quantitative estimate of drug-likeness (QED) is 0.203. The number of aryl methyl sites for hydroxylation is 2. The fourth-order valence-electron chi connectivity index (χ4n) is 3.67. The van der Waals surface area contributed by atoms with E-state index in [2.05, 4.69) is 105 Å². The molecule has 4 aromatic rings. The second-order valence-corrected chi connectivity index (χ2v) is 13.3. The largest absolute Gasteiger partial charge is 1.00 e. The first-order chi connectivity index (χ1) is 14.9. The van der Waals surface area contributed by atoms with E-state index in [1.54, 1.807) is 10.6 Å². The number of hydrogen-bond acceptors (Lipinski definition) is 1. The van der Waals surface area contributed by atoms with Crippen LogP contribution in [0, 0.1) is 19.9 Å². The van der Waals surface area contributed by atoms with Crippen LogP contribution in [0.5, 0.6) is 0 Å². The van der Waals surface area contributed by atoms with E-state index in [1.165, 1.54) is 5.56 Å². The maximum absolute atomic E-state index is 4.48. The minimum Gasteiger partial charge on any atom is -0.340 e. The Kier molecular flexibility index (Phi) is 10.5. The third-order valence-electron chi connectivity index (χ3n) is 5.07. The zero-order chi connectivity index (χ0) is 22.4. The second-order valence-electron chi connectivity index (χ2n) is 8.26. The molecule has 0 N–H and O–H groups in total. The summed E-state index contributed by atoms with van der Waals surface area (Å²) >= 11 is 0. The maximum Gasteiger partial charge on any atom is 1.00 e. The number of hydrogen-bond donors (Lipinski definition) is 0. The van der Waals surface area contributed by atoms with Crippen molar-refractivity contribution >= 4 is 26.5 Å². The van der Waals surface area contributed by atoms with Gasteiger partial charge in [-0.25, -0.2) is 0 Å². The molecular weight excluding hydrogens is 604 g/mol. The molecule has 0 aliphatic heterocycles. The monoisotopic (exact) mass is 639 g/mol. The summed E-state index contributed by atoms with van der Waals surface area (Å²) in [5.41, 5.74) is 4.51. The van der Waals surface area contributed by atoms with Gasteiger partial charge in [0, 0.05) is 33.9 Å². The first-order valence-corrected chi connectivity index (χ1v) is 15.7. The van der Waals surface area contributed by atoms with E-state index in [0.29, 0.717) is 0 Å². The standard InChI is InChI=1S/C17H15N2.C10H16P2.Os/c1-13-10-14(2)12-15(11-13)17-18-8-9-19(17)16-6-4-3-5-7-16;1-11(2)9-7-5-6-8-10(9)12(3)4;/h3-11H,1-2H3;5-8H,1-4H3;/q-1;;+1/p+2. The van der Waals surface area contributed by atoms with Crippen LogP contribution in [0.2, 0.25) is 0 Å². The average molecular weight is 638 g/mol. The topological polar surface area (TPSA) is 17.8 Å². The van der Waals surface area contributed by atoms with Crippen molar-refractivity contribution in [3.05, 3.63) is 96.3 Å². The van der Waals surface area contributed by atoms with Crippen LogP contribution in [0.25, 0.3) is 17.1 Å². The van der Waals surface area contributed by atoms with Crippen molar-refractivity contribution in [1.82, 2.24) is 9.55 Å². The van der Waals surface area contributed by atoms with Gasteiger partial charge in [0.25, 0.3) is 0 Å². The van der Waals surface area contributed by atoms with Gasteiger partial charge in [-0.2, -0.15) is 0 Å². The summed E-state index contributed by atoms with van der Waals surface area (Å²) in [4.78, 5) is 4.48. The van der Waals surface area contributed by atoms with E-state index in [-0.39, 0.29) is 35.6 Å². The van der Waals surface area contributed by atoms with Crippen LogP contribution in [0.15, 0.2) is 79.1 Å². The van der Waals surface area contributed by atoms with Gasteiger partial charge in [-0.15, -0.1) is 34.9 Å². The molecule has 0 bridgehead atoms. The summed E-state index contributed by atoms with van der Waals surface area (Å²) in [5.74, 6) is 0.929. The Labute approximate surface area is 209 Å². The van der Waals surface area contributed by atoms with Gasteiger partial charge in [-0.3, -0.25) is 4.98 Å². The minimum absolute atomic E-state index is 0. The molecule has 0 fully saturated rings. The van der Waals surface area contributed by atoms with Gasteiger partial charge in [0.1, 0.15) is 10.6 Å². The van der Waals surface area contributed by atoms with Crippen LogP contribution in [-0.4, -0.2) is 36.2 Å². The Morgan fingerprint density at radius 3 is 1.88 bits per heavy atom. The predicted octanol–water partition coefficient (Wildman–Crippen LogP) is 5.84. The van der Waals surface area contributed by atoms with E-state index in [1.807, 2.05) is 30.6 Å². The van der Waals surface area contributed by atoms with Crippen LogP contribution >= 0.6 is 15.8 Å². The van der Waals surface area contributed by atoms with Crippen molar-refractivity contribution in [2.45, 2.75) is 13.8 Å². The molecule has 0 saturated heterocycles. The Hall–Kier alpha value is -1.63. The van der Waals surface area contributed by atoms with Gasteiger partial charge < -0.3 is 4.57 Å². The van der Waals surface area contributed by atoms with E-state index >= 15 is 0 Å². The zero-order valence-corrected chi connectivity index (χ0v) is 24.3. The summed E-state index contributed by atoms with van der Waals surface area (Å²) in [6.45, 7) is 13.6. The fourth-order valence-corrected chi connectivity index (χ4v) is 7.27. The molecule has 0 saturated carbocycles. The summed E-state index contributed by atoms with van der Waals surface area (Å²) in [6.07, 6.45) is 3.81. The number of aromatic nitrogens is 2. The first-order valence-electron chi connectivity index (χ1n) is 10.7. The van der Waals surface area contributed by atoms with Crippen LogP contribution < -0.4 is 10.6 Å². The normalized spacial score (nSPS) is 10.5. The Balaban J connectivity index is 0.000000244. The van der Waals surface area contributed by atoms with E-state index < -0.39 is 0 Å². The van der Waals surface area contributed by atoms with Crippen LogP contribution in [0.1, 0.15) is 11.1 Å². The summed E-state index contributed by atoms with van der Waals surface area (Å²) in [7, 11) is -0.522. The maximum atomic E-state index is 4.48. The van der Waals surface area contributed by atoms with E-state index in [0.717, 1.165) is 22.6 Å². The number of imidazole rings is 1. The Morgan fingerprint density at radius 2 is 1.34 bits per heavy atom. The van der Waals surface area contributed by atoms with Gasteiger partial charge in [0.15, 0.2) is 0 Å². The van der Waals surface area contributed by atoms with Gasteiger partial charge in [-0.1, -0.05) is 44.2 Å². The second kappa shape index (κ2) is 12.6. The molecule has 0 unspecified atom stereocenters. The molecule has 1 heterocycles.